The van der Waals surface area contributed by atoms with Gasteiger partial charge in [0.05, 0.1) is 0 Å². The van der Waals surface area contributed by atoms with Crippen LogP contribution in [-0.2, 0) is 4.74 Å². The van der Waals surface area contributed by atoms with E-state index >= 15 is 0 Å². The predicted octanol–water partition coefficient (Wildman–Crippen LogP) is 2.24. The molecule has 0 saturated heterocycles. The summed E-state index contributed by atoms with van der Waals surface area (Å²) in [4.78, 5) is 11.6. The number of hydrogen-bond acceptors (Lipinski definition) is 2. The third-order valence-electron chi connectivity index (χ3n) is 1.19. The Morgan fingerprint density at radius 2 is 1.79 bits per heavy atom. The van der Waals surface area contributed by atoms with E-state index in [2.05, 4.69) is 0 Å². The fourth-order valence-electron chi connectivity index (χ4n) is 0.725. The highest BCUT2D eigenvalue weighted by Gasteiger charge is 2.29. The summed E-state index contributed by atoms with van der Waals surface area (Å²) in [5.41, 5.74) is -0.774. The van der Waals surface area contributed by atoms with Gasteiger partial charge in [-0.05, 0) is 27.2 Å². The van der Waals surface area contributed by atoms with E-state index in [4.69, 9.17) is 4.74 Å². The van der Waals surface area contributed by atoms with Crippen LogP contribution in [0.15, 0.2) is 0 Å². The number of rotatable bonds is 2. The fourth-order valence-corrected chi connectivity index (χ4v) is 0.725. The lowest BCUT2D eigenvalue weighted by Gasteiger charge is -2.27. The largest absolute Gasteiger partial charge is 0.497 e. The molecule has 0 aliphatic heterocycles. The highest BCUT2D eigenvalue weighted by Crippen LogP contribution is 2.13. The van der Waals surface area contributed by atoms with E-state index in [1.165, 1.54) is 0 Å². The number of amides is 1. The van der Waals surface area contributed by atoms with Crippen molar-refractivity contribution >= 4 is 13.1 Å². The number of halogens is 3. The van der Waals surface area contributed by atoms with Crippen molar-refractivity contribution in [3.05, 3.63) is 0 Å². The van der Waals surface area contributed by atoms with Gasteiger partial charge in [0.15, 0.2) is 0 Å². The van der Waals surface area contributed by atoms with E-state index in [-0.39, 0.29) is 0 Å². The van der Waals surface area contributed by atoms with E-state index in [1.54, 1.807) is 20.8 Å². The Hall–Kier alpha value is -0.875. The van der Waals surface area contributed by atoms with Gasteiger partial charge in [-0.15, -0.1) is 0 Å². The van der Waals surface area contributed by atoms with E-state index in [9.17, 15) is 17.7 Å². The minimum absolute atomic E-state index is 0.519. The van der Waals surface area contributed by atoms with Gasteiger partial charge in [-0.1, -0.05) is 0 Å². The number of ether oxygens (including phenoxy) is 1. The number of nitrogens with zero attached hydrogens (tertiary/aromatic N) is 1. The average Bonchev–Trinajstić information content (AvgIpc) is 1.78. The molecule has 1 amide bonds. The molecule has 0 aromatic rings. The quantitative estimate of drug-likeness (QED) is 0.656. The van der Waals surface area contributed by atoms with E-state index in [0.29, 0.717) is 4.90 Å². The van der Waals surface area contributed by atoms with Gasteiger partial charge in [-0.2, -0.15) is 0 Å². The van der Waals surface area contributed by atoms with Crippen molar-refractivity contribution in [3.8, 4) is 0 Å². The first-order valence-corrected chi connectivity index (χ1v) is 4.16. The van der Waals surface area contributed by atoms with Gasteiger partial charge in [0.25, 0.3) is 0 Å². The van der Waals surface area contributed by atoms with Crippen LogP contribution < -0.4 is 0 Å². The van der Waals surface area contributed by atoms with E-state index in [1.807, 2.05) is 0 Å². The van der Waals surface area contributed by atoms with E-state index in [0.717, 1.165) is 7.05 Å². The number of carbonyl (C=O) groups excluding carboxylic acids is 1. The van der Waals surface area contributed by atoms with Crippen LogP contribution in [0.25, 0.3) is 0 Å². The molecule has 0 spiro atoms. The molecule has 0 unspecified atom stereocenters. The smallest absolute Gasteiger partial charge is 0.448 e. The van der Waals surface area contributed by atoms with Crippen molar-refractivity contribution in [2.75, 3.05) is 13.5 Å². The van der Waals surface area contributed by atoms with Gasteiger partial charge in [-0.25, -0.2) is 4.79 Å². The molecular formula is C7H14BF3NO2-. The van der Waals surface area contributed by atoms with Gasteiger partial charge in [0, 0.05) is 7.05 Å². The summed E-state index contributed by atoms with van der Waals surface area (Å²) in [5.74, 6) is 0. The van der Waals surface area contributed by atoms with Crippen molar-refractivity contribution in [1.29, 1.82) is 0 Å². The Bertz CT molecular complexity index is 212. The summed E-state index contributed by atoms with van der Waals surface area (Å²) >= 11 is 0. The highest BCUT2D eigenvalue weighted by molar-refractivity contribution is 6.58. The SMILES string of the molecule is CN(C[B-](F)(F)F)C(=O)OC(C)(C)C. The maximum Gasteiger partial charge on any atom is 0.497 e. The second kappa shape index (κ2) is 4.10. The lowest BCUT2D eigenvalue weighted by molar-refractivity contribution is 0.0312. The first-order valence-electron chi connectivity index (χ1n) is 4.16. The van der Waals surface area contributed by atoms with Gasteiger partial charge in [0.2, 0.25) is 0 Å². The maximum atomic E-state index is 11.9. The Kier molecular flexibility index (Phi) is 3.85. The second-order valence-corrected chi connectivity index (χ2v) is 4.07. The predicted molar refractivity (Wildman–Crippen MR) is 47.9 cm³/mol. The van der Waals surface area contributed by atoms with Crippen LogP contribution >= 0.6 is 0 Å². The molecule has 0 aromatic carbocycles. The van der Waals surface area contributed by atoms with Crippen LogP contribution in [-0.4, -0.2) is 37.1 Å². The highest BCUT2D eigenvalue weighted by atomic mass is 19.4. The van der Waals surface area contributed by atoms with Gasteiger partial charge in [0.1, 0.15) is 5.60 Å². The van der Waals surface area contributed by atoms with Gasteiger partial charge < -0.3 is 22.6 Å². The molecule has 84 valence electrons. The molecule has 0 N–H and O–H groups in total. The zero-order valence-electron chi connectivity index (χ0n) is 8.68. The zero-order chi connectivity index (χ0) is 11.6. The molecular weight excluding hydrogens is 198 g/mol. The lowest BCUT2D eigenvalue weighted by Crippen LogP contribution is -2.41. The minimum Gasteiger partial charge on any atom is -0.448 e. The van der Waals surface area contributed by atoms with Crippen molar-refractivity contribution in [2.24, 2.45) is 0 Å². The molecule has 14 heavy (non-hydrogen) atoms. The van der Waals surface area contributed by atoms with Crippen molar-refractivity contribution < 1.29 is 22.5 Å². The molecule has 0 heterocycles. The van der Waals surface area contributed by atoms with Crippen molar-refractivity contribution in [2.45, 2.75) is 26.4 Å². The Morgan fingerprint density at radius 1 is 1.36 bits per heavy atom. The van der Waals surface area contributed by atoms with Crippen LogP contribution in [0.2, 0.25) is 0 Å². The Balaban J connectivity index is 4.15. The number of hydrogen-bond donors (Lipinski definition) is 0. The molecule has 0 saturated carbocycles. The van der Waals surface area contributed by atoms with E-state index < -0.39 is 25.1 Å². The summed E-state index contributed by atoms with van der Waals surface area (Å²) in [7, 11) is 1.06. The third-order valence-corrected chi connectivity index (χ3v) is 1.19. The molecule has 0 fully saturated rings. The van der Waals surface area contributed by atoms with Gasteiger partial charge >= 0.3 is 13.1 Å². The Labute approximate surface area is 81.3 Å². The Morgan fingerprint density at radius 3 is 2.07 bits per heavy atom. The molecule has 0 aliphatic carbocycles. The van der Waals surface area contributed by atoms with Crippen LogP contribution in [0, 0.1) is 0 Å². The summed E-state index contributed by atoms with van der Waals surface area (Å²) in [6.07, 6.45) is -2.20. The molecule has 0 aliphatic rings. The molecule has 0 atom stereocenters. The van der Waals surface area contributed by atoms with Gasteiger partial charge in [-0.3, -0.25) is 0 Å². The van der Waals surface area contributed by atoms with Crippen molar-refractivity contribution in [3.63, 3.8) is 0 Å². The fraction of sp³-hybridized carbons (Fsp3) is 0.857. The van der Waals surface area contributed by atoms with Crippen molar-refractivity contribution in [1.82, 2.24) is 4.90 Å². The molecule has 0 radical (unpaired) electrons. The first-order chi connectivity index (χ1) is 6.01. The molecule has 0 aromatic heterocycles. The van der Waals surface area contributed by atoms with Crippen LogP contribution in [0.5, 0.6) is 0 Å². The lowest BCUT2D eigenvalue weighted by atomic mass is 9.92. The summed E-state index contributed by atoms with van der Waals surface area (Å²) in [6.45, 7) is -0.214. The zero-order valence-corrected chi connectivity index (χ0v) is 8.68. The number of carbonyl (C=O) groups is 1. The molecule has 7 heteroatoms. The molecule has 0 bridgehead atoms. The molecule has 3 nitrogen and oxygen atoms in total. The first kappa shape index (κ1) is 13.1. The second-order valence-electron chi connectivity index (χ2n) is 4.07. The average molecular weight is 212 g/mol. The maximum absolute atomic E-state index is 11.9. The minimum atomic E-state index is -5.00. The summed E-state index contributed by atoms with van der Waals surface area (Å²) < 4.78 is 40.5. The standard InChI is InChI=1S/C7H14BF3NO2/c1-7(2,3)14-6(13)12(4)5-8(9,10)11/h5H2,1-4H3/q-1. The van der Waals surface area contributed by atoms with Crippen LogP contribution in [0.4, 0.5) is 17.7 Å². The summed E-state index contributed by atoms with van der Waals surface area (Å²) in [6, 6.07) is 0. The molecule has 0 rings (SSSR count). The summed E-state index contributed by atoms with van der Waals surface area (Å²) in [5, 5.41) is 0. The third kappa shape index (κ3) is 6.62. The monoisotopic (exact) mass is 212 g/mol. The van der Waals surface area contributed by atoms with Crippen LogP contribution in [0.1, 0.15) is 20.8 Å². The van der Waals surface area contributed by atoms with Crippen LogP contribution in [0.3, 0.4) is 0 Å². The normalized spacial score (nSPS) is 12.5. The topological polar surface area (TPSA) is 29.5 Å².